The average molecular weight is 295 g/mol. The first-order valence-electron chi connectivity index (χ1n) is 6.10. The second-order valence-electron chi connectivity index (χ2n) is 4.15. The lowest BCUT2D eigenvalue weighted by atomic mass is 10.2. The molecule has 2 amide bonds. The first-order chi connectivity index (χ1) is 10.2. The molecule has 1 aliphatic rings. The lowest BCUT2D eigenvalue weighted by Crippen LogP contribution is -2.28. The zero-order valence-corrected chi connectivity index (χ0v) is 11.0. The topological polar surface area (TPSA) is 109 Å². The van der Waals surface area contributed by atoms with Crippen LogP contribution in [0.2, 0.25) is 0 Å². The van der Waals surface area contributed by atoms with Gasteiger partial charge >= 0.3 is 6.09 Å². The Morgan fingerprint density at radius 2 is 2.33 bits per heavy atom. The molecule has 0 aliphatic carbocycles. The van der Waals surface area contributed by atoms with E-state index in [1.807, 2.05) is 0 Å². The Balaban J connectivity index is 2.10. The molecule has 0 radical (unpaired) electrons. The predicted molar refractivity (Wildman–Crippen MR) is 73.6 cm³/mol. The number of nitrogens with zero attached hydrogens (tertiary/aromatic N) is 2. The van der Waals surface area contributed by atoms with Crippen LogP contribution in [0.4, 0.5) is 20.6 Å². The van der Waals surface area contributed by atoms with Gasteiger partial charge in [-0.2, -0.15) is 0 Å². The minimum Gasteiger partial charge on any atom is -0.443 e. The van der Waals surface area contributed by atoms with Crippen molar-refractivity contribution in [3.05, 3.63) is 24.0 Å². The molecule has 1 aliphatic heterocycles. The third-order valence-electron chi connectivity index (χ3n) is 2.79. The molecule has 0 spiro atoms. The number of cyclic esters (lactones) is 1. The van der Waals surface area contributed by atoms with Crippen LogP contribution in [0, 0.1) is 5.82 Å². The van der Waals surface area contributed by atoms with Crippen molar-refractivity contribution in [3.8, 4) is 0 Å². The van der Waals surface area contributed by atoms with Crippen LogP contribution in [0.25, 0.3) is 0 Å². The van der Waals surface area contributed by atoms with Gasteiger partial charge in [-0.05, 0) is 18.2 Å². The summed E-state index contributed by atoms with van der Waals surface area (Å²) in [7, 11) is 0. The second-order valence-corrected chi connectivity index (χ2v) is 4.15. The zero-order valence-electron chi connectivity index (χ0n) is 11.0. The van der Waals surface area contributed by atoms with Gasteiger partial charge < -0.3 is 10.5 Å². The molecule has 0 bridgehead atoms. The molecule has 112 valence electrons. The molecule has 21 heavy (non-hydrogen) atoms. The number of halogens is 1. The van der Waals surface area contributed by atoms with Crippen LogP contribution in [0.1, 0.15) is 0 Å². The average Bonchev–Trinajstić information content (AvgIpc) is 2.86. The summed E-state index contributed by atoms with van der Waals surface area (Å²) in [5.74, 6) is -0.611. The van der Waals surface area contributed by atoms with Crippen molar-refractivity contribution in [1.29, 1.82) is 0 Å². The minimum atomic E-state index is -0.611. The molecular formula is C12H14FN5O3. The fourth-order valence-electron chi connectivity index (χ4n) is 1.80. The minimum absolute atomic E-state index is 0.0573. The first kappa shape index (κ1) is 14.7. The van der Waals surface area contributed by atoms with Crippen LogP contribution < -0.4 is 21.5 Å². The molecule has 1 fully saturated rings. The molecule has 0 unspecified atom stereocenters. The van der Waals surface area contributed by atoms with E-state index in [0.717, 1.165) is 6.34 Å². The molecule has 4 N–H and O–H groups in total. The predicted octanol–water partition coefficient (Wildman–Crippen LogP) is 0.0200. The summed E-state index contributed by atoms with van der Waals surface area (Å²) in [6, 6.07) is 4.13. The lowest BCUT2D eigenvalue weighted by molar-refractivity contribution is -0.110. The molecule has 8 nitrogen and oxygen atoms in total. The van der Waals surface area contributed by atoms with Crippen molar-refractivity contribution in [2.24, 2.45) is 10.7 Å². The van der Waals surface area contributed by atoms with E-state index in [4.69, 9.17) is 10.5 Å². The van der Waals surface area contributed by atoms with Crippen LogP contribution in [-0.2, 0) is 9.53 Å². The Kier molecular flexibility index (Phi) is 4.67. The number of hydrogen-bond donors (Lipinski definition) is 3. The number of ether oxygens (including phenoxy) is 1. The maximum absolute atomic E-state index is 13.9. The fraction of sp³-hybridized carbons (Fsp3) is 0.250. The molecule has 1 aromatic carbocycles. The number of hydrazine groups is 1. The molecular weight excluding hydrogens is 281 g/mol. The number of hydrogen-bond acceptors (Lipinski definition) is 5. The molecule has 1 saturated heterocycles. The third-order valence-corrected chi connectivity index (χ3v) is 2.79. The van der Waals surface area contributed by atoms with Crippen LogP contribution in [0.15, 0.2) is 23.2 Å². The van der Waals surface area contributed by atoms with Crippen molar-refractivity contribution in [2.75, 3.05) is 18.0 Å². The standard InChI is InChI=1S/C12H14FN5O3/c13-10-3-8(18-5-9(4-14)21-12(18)20)1-2-11(10)15-6-16-17-7-19/h1-3,6-7,9H,4-5,14H2,(H,15,16)(H,17,19)/t9-/m0/s1. The van der Waals surface area contributed by atoms with E-state index in [9.17, 15) is 14.0 Å². The summed E-state index contributed by atoms with van der Waals surface area (Å²) in [5.41, 5.74) is 10.3. The number of aliphatic imine (C=N–C) groups is 1. The smallest absolute Gasteiger partial charge is 0.414 e. The van der Waals surface area contributed by atoms with Gasteiger partial charge in [-0.1, -0.05) is 0 Å². The normalized spacial score (nSPS) is 17.9. The Morgan fingerprint density at radius 1 is 1.52 bits per heavy atom. The van der Waals surface area contributed by atoms with Gasteiger partial charge in [-0.15, -0.1) is 0 Å². The summed E-state index contributed by atoms with van der Waals surface area (Å²) < 4.78 is 18.9. The van der Waals surface area contributed by atoms with Crippen molar-refractivity contribution in [1.82, 2.24) is 10.9 Å². The summed E-state index contributed by atoms with van der Waals surface area (Å²) >= 11 is 0. The molecule has 0 aromatic heterocycles. The monoisotopic (exact) mass is 295 g/mol. The molecule has 0 saturated carbocycles. The highest BCUT2D eigenvalue weighted by Crippen LogP contribution is 2.26. The maximum atomic E-state index is 13.9. The number of benzene rings is 1. The Hall–Kier alpha value is -2.68. The number of anilines is 1. The van der Waals surface area contributed by atoms with Gasteiger partial charge in [0.05, 0.1) is 12.2 Å². The molecule has 1 aromatic rings. The van der Waals surface area contributed by atoms with E-state index in [1.54, 1.807) is 6.07 Å². The first-order valence-corrected chi connectivity index (χ1v) is 6.10. The van der Waals surface area contributed by atoms with E-state index in [2.05, 4.69) is 15.8 Å². The quantitative estimate of drug-likeness (QED) is 0.225. The van der Waals surface area contributed by atoms with Crippen molar-refractivity contribution in [2.45, 2.75) is 6.10 Å². The van der Waals surface area contributed by atoms with Crippen molar-refractivity contribution >= 4 is 30.2 Å². The largest absolute Gasteiger partial charge is 0.443 e. The van der Waals surface area contributed by atoms with E-state index < -0.39 is 18.0 Å². The highest BCUT2D eigenvalue weighted by Gasteiger charge is 2.31. The van der Waals surface area contributed by atoms with Crippen LogP contribution >= 0.6 is 0 Å². The van der Waals surface area contributed by atoms with Crippen LogP contribution in [0.5, 0.6) is 0 Å². The summed E-state index contributed by atoms with van der Waals surface area (Å²) in [4.78, 5) is 26.7. The molecule has 2 rings (SSSR count). The Labute approximate surface area is 119 Å². The lowest BCUT2D eigenvalue weighted by Gasteiger charge is -2.13. The van der Waals surface area contributed by atoms with Gasteiger partial charge in [0, 0.05) is 6.54 Å². The van der Waals surface area contributed by atoms with E-state index >= 15 is 0 Å². The van der Waals surface area contributed by atoms with Gasteiger partial charge in [0.1, 0.15) is 18.1 Å². The van der Waals surface area contributed by atoms with Crippen LogP contribution in [0.3, 0.4) is 0 Å². The highest BCUT2D eigenvalue weighted by atomic mass is 19.1. The SMILES string of the molecule is NC[C@H]1CN(c2ccc(N=CNNC=O)c(F)c2)C(=O)O1. The Bertz CT molecular complexity index is 566. The number of nitrogens with one attached hydrogen (secondary N) is 2. The van der Waals surface area contributed by atoms with Crippen molar-refractivity contribution < 1.29 is 18.7 Å². The summed E-state index contributed by atoms with van der Waals surface area (Å²) in [6.07, 6.45) is 0.592. The van der Waals surface area contributed by atoms with Gasteiger partial charge in [-0.3, -0.25) is 20.5 Å². The zero-order chi connectivity index (χ0) is 15.2. The maximum Gasteiger partial charge on any atom is 0.414 e. The second kappa shape index (κ2) is 6.66. The number of carbonyl (C=O) groups is 2. The van der Waals surface area contributed by atoms with Gasteiger partial charge in [-0.25, -0.2) is 14.2 Å². The summed E-state index contributed by atoms with van der Waals surface area (Å²) in [6.45, 7) is 0.491. The molecule has 9 heteroatoms. The number of nitrogens with two attached hydrogens (primary N) is 1. The number of carbonyl (C=O) groups excluding carboxylic acids is 2. The Morgan fingerprint density at radius 3 is 2.95 bits per heavy atom. The fourth-order valence-corrected chi connectivity index (χ4v) is 1.80. The van der Waals surface area contributed by atoms with E-state index in [0.29, 0.717) is 12.1 Å². The van der Waals surface area contributed by atoms with Gasteiger partial charge in [0.2, 0.25) is 6.41 Å². The van der Waals surface area contributed by atoms with E-state index in [-0.39, 0.29) is 18.8 Å². The highest BCUT2D eigenvalue weighted by molar-refractivity contribution is 5.90. The van der Waals surface area contributed by atoms with Crippen molar-refractivity contribution in [3.63, 3.8) is 0 Å². The third kappa shape index (κ3) is 3.45. The summed E-state index contributed by atoms with van der Waals surface area (Å²) in [5, 5.41) is 0. The number of amides is 2. The van der Waals surface area contributed by atoms with Gasteiger partial charge in [0.15, 0.2) is 5.82 Å². The van der Waals surface area contributed by atoms with Crippen LogP contribution in [-0.4, -0.2) is 38.0 Å². The van der Waals surface area contributed by atoms with Gasteiger partial charge in [0.25, 0.3) is 0 Å². The molecule has 1 atom stereocenters. The van der Waals surface area contributed by atoms with E-state index in [1.165, 1.54) is 17.0 Å². The number of rotatable bonds is 6. The molecule has 1 heterocycles.